The molecule has 0 saturated carbocycles. The summed E-state index contributed by atoms with van der Waals surface area (Å²) in [5.41, 5.74) is 1.13. The summed E-state index contributed by atoms with van der Waals surface area (Å²) in [5.74, 6) is 1.17. The van der Waals surface area contributed by atoms with Gasteiger partial charge >= 0.3 is 0 Å². The molecule has 0 nitrogen and oxygen atoms in total. The van der Waals surface area contributed by atoms with E-state index in [2.05, 4.69) is 6.92 Å². The molecule has 1 aromatic rings. The number of rotatable bonds is 4. The summed E-state index contributed by atoms with van der Waals surface area (Å²) in [7, 11) is 0. The first-order valence-electron chi connectivity index (χ1n) is 4.67. The van der Waals surface area contributed by atoms with E-state index in [9.17, 15) is 0 Å². The maximum absolute atomic E-state index is 6.06. The van der Waals surface area contributed by atoms with Crippen molar-refractivity contribution in [1.82, 2.24) is 0 Å². The quantitative estimate of drug-likeness (QED) is 0.674. The Hall–Kier alpha value is 0.0900. The smallest absolute Gasteiger partial charge is 0.0452 e. The summed E-state index contributed by atoms with van der Waals surface area (Å²) in [6.45, 7) is 2.14. The molecule has 1 unspecified atom stereocenters. The van der Waals surface area contributed by atoms with Crippen molar-refractivity contribution in [3.05, 3.63) is 33.8 Å². The molecule has 0 saturated heterocycles. The molecule has 0 radical (unpaired) electrons. The van der Waals surface area contributed by atoms with Crippen LogP contribution in [0.3, 0.4) is 0 Å². The SMILES string of the molecule is CCC(CCl)Cc1ccc(Cl)cc1Cl. The van der Waals surface area contributed by atoms with Crippen LogP contribution in [0.15, 0.2) is 18.2 Å². The van der Waals surface area contributed by atoms with Gasteiger partial charge < -0.3 is 0 Å². The van der Waals surface area contributed by atoms with Gasteiger partial charge in [0.1, 0.15) is 0 Å². The summed E-state index contributed by atoms with van der Waals surface area (Å²) in [6.07, 6.45) is 2.00. The summed E-state index contributed by atoms with van der Waals surface area (Å²) in [5, 5.41) is 1.42. The third-order valence-corrected chi connectivity index (χ3v) is 3.34. The van der Waals surface area contributed by atoms with Crippen LogP contribution in [0.2, 0.25) is 10.0 Å². The van der Waals surface area contributed by atoms with E-state index in [1.54, 1.807) is 6.07 Å². The normalized spacial score (nSPS) is 12.9. The van der Waals surface area contributed by atoms with Crippen LogP contribution >= 0.6 is 34.8 Å². The van der Waals surface area contributed by atoms with Gasteiger partial charge in [-0.2, -0.15) is 0 Å². The predicted molar refractivity (Wildman–Crippen MR) is 64.7 cm³/mol. The molecule has 1 aromatic carbocycles. The monoisotopic (exact) mass is 250 g/mol. The minimum atomic E-state index is 0.496. The third-order valence-electron chi connectivity index (χ3n) is 2.32. The van der Waals surface area contributed by atoms with Gasteiger partial charge in [0.25, 0.3) is 0 Å². The van der Waals surface area contributed by atoms with Crippen LogP contribution in [-0.2, 0) is 6.42 Å². The van der Waals surface area contributed by atoms with Gasteiger partial charge in [-0.1, -0.05) is 42.6 Å². The van der Waals surface area contributed by atoms with Crippen LogP contribution in [0.1, 0.15) is 18.9 Å². The minimum absolute atomic E-state index is 0.496. The molecular weight excluding hydrogens is 238 g/mol. The van der Waals surface area contributed by atoms with Crippen molar-refractivity contribution in [2.75, 3.05) is 5.88 Å². The standard InChI is InChI=1S/C11H13Cl3/c1-2-8(7-12)5-9-3-4-10(13)6-11(9)14/h3-4,6,8H,2,5,7H2,1H3. The molecule has 0 aliphatic carbocycles. The molecule has 0 aromatic heterocycles. The van der Waals surface area contributed by atoms with Crippen molar-refractivity contribution in [3.8, 4) is 0 Å². The third kappa shape index (κ3) is 3.34. The Balaban J connectivity index is 2.76. The molecule has 0 amide bonds. The second-order valence-electron chi connectivity index (χ2n) is 3.37. The highest BCUT2D eigenvalue weighted by atomic mass is 35.5. The second kappa shape index (κ2) is 5.85. The number of hydrogen-bond donors (Lipinski definition) is 0. The summed E-state index contributed by atoms with van der Waals surface area (Å²) in [4.78, 5) is 0. The molecule has 0 heterocycles. The molecule has 0 fully saturated rings. The first kappa shape index (κ1) is 12.2. The molecule has 0 spiro atoms. The molecule has 14 heavy (non-hydrogen) atoms. The Morgan fingerprint density at radius 3 is 2.50 bits per heavy atom. The van der Waals surface area contributed by atoms with Gasteiger partial charge in [0.15, 0.2) is 0 Å². The molecule has 0 aliphatic rings. The van der Waals surface area contributed by atoms with Crippen molar-refractivity contribution >= 4 is 34.8 Å². The molecule has 3 heteroatoms. The van der Waals surface area contributed by atoms with Crippen molar-refractivity contribution in [2.45, 2.75) is 19.8 Å². The summed E-state index contributed by atoms with van der Waals surface area (Å²) < 4.78 is 0. The Labute approximate surface area is 100 Å². The van der Waals surface area contributed by atoms with Gasteiger partial charge in [-0.15, -0.1) is 11.6 Å². The Kier molecular flexibility index (Phi) is 5.08. The molecule has 0 aliphatic heterocycles. The van der Waals surface area contributed by atoms with E-state index in [-0.39, 0.29) is 0 Å². The predicted octanol–water partition coefficient (Wildman–Crippen LogP) is 4.80. The first-order chi connectivity index (χ1) is 6.67. The average molecular weight is 252 g/mol. The van der Waals surface area contributed by atoms with E-state index in [1.807, 2.05) is 12.1 Å². The van der Waals surface area contributed by atoms with Crippen LogP contribution in [0, 0.1) is 5.92 Å². The molecule has 78 valence electrons. The number of hydrogen-bond acceptors (Lipinski definition) is 0. The van der Waals surface area contributed by atoms with E-state index >= 15 is 0 Å². The molecule has 0 N–H and O–H groups in total. The van der Waals surface area contributed by atoms with Crippen LogP contribution in [0.4, 0.5) is 0 Å². The van der Waals surface area contributed by atoms with Crippen LogP contribution in [-0.4, -0.2) is 5.88 Å². The maximum Gasteiger partial charge on any atom is 0.0452 e. The largest absolute Gasteiger partial charge is 0.126 e. The van der Waals surface area contributed by atoms with E-state index < -0.39 is 0 Å². The van der Waals surface area contributed by atoms with Crippen molar-refractivity contribution < 1.29 is 0 Å². The molecular formula is C11H13Cl3. The summed E-state index contributed by atoms with van der Waals surface area (Å²) >= 11 is 17.7. The fourth-order valence-corrected chi connectivity index (χ4v) is 2.12. The highest BCUT2D eigenvalue weighted by Crippen LogP contribution is 2.24. The lowest BCUT2D eigenvalue weighted by molar-refractivity contribution is 0.567. The zero-order valence-corrected chi connectivity index (χ0v) is 10.3. The van der Waals surface area contributed by atoms with Crippen molar-refractivity contribution in [1.29, 1.82) is 0 Å². The van der Waals surface area contributed by atoms with Crippen molar-refractivity contribution in [3.63, 3.8) is 0 Å². The molecule has 0 bridgehead atoms. The average Bonchev–Trinajstić information content (AvgIpc) is 2.17. The molecule has 1 rings (SSSR count). The fraction of sp³-hybridized carbons (Fsp3) is 0.455. The Morgan fingerprint density at radius 2 is 2.00 bits per heavy atom. The Bertz CT molecular complexity index is 293. The number of alkyl halides is 1. The zero-order chi connectivity index (χ0) is 10.6. The van der Waals surface area contributed by atoms with Crippen molar-refractivity contribution in [2.24, 2.45) is 5.92 Å². The Morgan fingerprint density at radius 1 is 1.29 bits per heavy atom. The highest BCUT2D eigenvalue weighted by Gasteiger charge is 2.08. The highest BCUT2D eigenvalue weighted by molar-refractivity contribution is 6.35. The van der Waals surface area contributed by atoms with E-state index in [0.717, 1.165) is 23.4 Å². The van der Waals surface area contributed by atoms with Gasteiger partial charge in [-0.25, -0.2) is 0 Å². The van der Waals surface area contributed by atoms with Gasteiger partial charge in [0.2, 0.25) is 0 Å². The van der Waals surface area contributed by atoms with Gasteiger partial charge in [-0.05, 0) is 30.0 Å². The van der Waals surface area contributed by atoms with Gasteiger partial charge in [-0.3, -0.25) is 0 Å². The van der Waals surface area contributed by atoms with E-state index in [4.69, 9.17) is 34.8 Å². The lowest BCUT2D eigenvalue weighted by Crippen LogP contribution is -2.05. The van der Waals surface area contributed by atoms with E-state index in [1.165, 1.54) is 0 Å². The zero-order valence-electron chi connectivity index (χ0n) is 8.06. The lowest BCUT2D eigenvalue weighted by Gasteiger charge is -2.12. The topological polar surface area (TPSA) is 0 Å². The maximum atomic E-state index is 6.06. The first-order valence-corrected chi connectivity index (χ1v) is 5.96. The molecule has 1 atom stereocenters. The van der Waals surface area contributed by atoms with Gasteiger partial charge in [0.05, 0.1) is 0 Å². The van der Waals surface area contributed by atoms with Crippen LogP contribution in [0.5, 0.6) is 0 Å². The minimum Gasteiger partial charge on any atom is -0.126 e. The van der Waals surface area contributed by atoms with Gasteiger partial charge in [0, 0.05) is 15.9 Å². The van der Waals surface area contributed by atoms with Crippen LogP contribution in [0.25, 0.3) is 0 Å². The number of benzene rings is 1. The second-order valence-corrected chi connectivity index (χ2v) is 4.52. The van der Waals surface area contributed by atoms with E-state index in [0.29, 0.717) is 16.8 Å². The fourth-order valence-electron chi connectivity index (χ4n) is 1.31. The lowest BCUT2D eigenvalue weighted by atomic mass is 9.99. The summed E-state index contributed by atoms with van der Waals surface area (Å²) in [6, 6.07) is 5.61. The number of halogens is 3. The van der Waals surface area contributed by atoms with Crippen LogP contribution < -0.4 is 0 Å².